The number of aryl methyl sites for hydroxylation is 3. The molecule has 0 unspecified atom stereocenters. The summed E-state index contributed by atoms with van der Waals surface area (Å²) in [6, 6.07) is 23.9. The van der Waals surface area contributed by atoms with Gasteiger partial charge >= 0.3 is 12.4 Å². The summed E-state index contributed by atoms with van der Waals surface area (Å²) < 4.78 is 80.9. The van der Waals surface area contributed by atoms with Gasteiger partial charge in [-0.05, 0) is 73.1 Å². The number of thiophene rings is 1. The third kappa shape index (κ3) is 8.60. The average molecular weight is 969 g/mol. The molecule has 6 rings (SSSR count). The molecule has 0 aliphatic carbocycles. The number of nitrogens with zero attached hydrogens (tertiary/aromatic N) is 1. The maximum Gasteiger partial charge on any atom is 0.418 e. The van der Waals surface area contributed by atoms with E-state index in [2.05, 4.69) is 69.1 Å². The van der Waals surface area contributed by atoms with Gasteiger partial charge in [0, 0.05) is 59.0 Å². The number of halogens is 6. The monoisotopic (exact) mass is 969 g/mol. The van der Waals surface area contributed by atoms with Gasteiger partial charge < -0.3 is 5.11 Å². The number of aliphatic hydroxyl groups is 1. The van der Waals surface area contributed by atoms with Gasteiger partial charge in [0.05, 0.1) is 11.3 Å². The summed E-state index contributed by atoms with van der Waals surface area (Å²) in [5, 5.41) is 13.7. The van der Waals surface area contributed by atoms with E-state index in [-0.39, 0.29) is 42.6 Å². The van der Waals surface area contributed by atoms with E-state index in [0.717, 1.165) is 68.7 Å². The molecule has 2 heterocycles. The Kier molecular flexibility index (Phi) is 12.8. The van der Waals surface area contributed by atoms with Crippen LogP contribution in [0.4, 0.5) is 26.3 Å². The van der Waals surface area contributed by atoms with Crippen molar-refractivity contribution in [2.24, 2.45) is 11.3 Å². The first-order valence-corrected chi connectivity index (χ1v) is 18.6. The van der Waals surface area contributed by atoms with Crippen LogP contribution in [0.15, 0.2) is 78.7 Å². The standard InChI is InChI=1S/C35H29F3NS.C10H15F3O2.Ir/c1-19-15-22-11-7-9-13-25(22)20(2)29(19)32-21(3)30-28(35(36,37)38)18-39-31(33(30)40-32)24-16-23-12-8-10-14-26(23)27(17-24)34(4,5)6;1-6(2)7(14)5-8(15)9(3,4)10(11,12)13;/h7-15,17-18H,1-6H3;5-6,14H,1-4H3;/q-1;;/b;7-5-;. The minimum atomic E-state index is -4.61. The molecule has 56 heavy (non-hydrogen) atoms. The van der Waals surface area contributed by atoms with Crippen molar-refractivity contribution in [1.82, 2.24) is 4.98 Å². The van der Waals surface area contributed by atoms with E-state index in [0.29, 0.717) is 27.6 Å². The molecule has 0 aliphatic heterocycles. The molecule has 0 atom stereocenters. The van der Waals surface area contributed by atoms with Crippen LogP contribution in [0.2, 0.25) is 0 Å². The molecule has 0 fully saturated rings. The number of allylic oxidation sites excluding steroid dienone is 2. The number of carbonyl (C=O) groups excluding carboxylic acids is 1. The van der Waals surface area contributed by atoms with Gasteiger partial charge in [0.25, 0.3) is 0 Å². The zero-order valence-corrected chi connectivity index (χ0v) is 36.0. The number of hydrogen-bond acceptors (Lipinski definition) is 4. The second kappa shape index (κ2) is 16.1. The summed E-state index contributed by atoms with van der Waals surface area (Å²) in [6.07, 6.45) is -7.49. The van der Waals surface area contributed by atoms with Crippen molar-refractivity contribution < 1.29 is 56.3 Å². The molecule has 0 aliphatic rings. The van der Waals surface area contributed by atoms with Gasteiger partial charge in [0.2, 0.25) is 0 Å². The third-order valence-electron chi connectivity index (χ3n) is 10.0. The Labute approximate surface area is 341 Å². The summed E-state index contributed by atoms with van der Waals surface area (Å²) in [6.45, 7) is 17.1. The van der Waals surface area contributed by atoms with Crippen molar-refractivity contribution >= 4 is 48.8 Å². The Morgan fingerprint density at radius 3 is 2.00 bits per heavy atom. The maximum atomic E-state index is 14.4. The molecule has 0 spiro atoms. The van der Waals surface area contributed by atoms with Crippen LogP contribution in [-0.2, 0) is 36.5 Å². The number of aliphatic hydroxyl groups excluding tert-OH is 1. The Balaban J connectivity index is 0.000000372. The van der Waals surface area contributed by atoms with Crippen LogP contribution in [-0.4, -0.2) is 22.1 Å². The number of pyridine rings is 1. The summed E-state index contributed by atoms with van der Waals surface area (Å²) >= 11 is 1.40. The fourth-order valence-electron chi connectivity index (χ4n) is 6.55. The van der Waals surface area contributed by atoms with E-state index < -0.39 is 29.1 Å². The van der Waals surface area contributed by atoms with E-state index in [1.54, 1.807) is 13.8 Å². The van der Waals surface area contributed by atoms with E-state index in [1.165, 1.54) is 11.3 Å². The Morgan fingerprint density at radius 1 is 0.839 bits per heavy atom. The number of ketones is 1. The summed E-state index contributed by atoms with van der Waals surface area (Å²) in [5.41, 5.74) is 2.77. The molecule has 11 heteroatoms. The normalized spacial score (nSPS) is 12.9. The minimum absolute atomic E-state index is 0. The average Bonchev–Trinajstić information content (AvgIpc) is 3.42. The number of fused-ring (bicyclic) bond motifs is 3. The first-order valence-electron chi connectivity index (χ1n) is 17.8. The van der Waals surface area contributed by atoms with Crippen LogP contribution >= 0.6 is 11.3 Å². The Hall–Kier alpha value is -4.05. The zero-order valence-electron chi connectivity index (χ0n) is 32.8. The van der Waals surface area contributed by atoms with Crippen LogP contribution in [0.3, 0.4) is 0 Å². The second-order valence-corrected chi connectivity index (χ2v) is 16.8. The van der Waals surface area contributed by atoms with Crippen molar-refractivity contribution in [3.63, 3.8) is 0 Å². The van der Waals surface area contributed by atoms with Crippen LogP contribution in [0.25, 0.3) is 53.3 Å². The molecular weight excluding hydrogens is 925 g/mol. The van der Waals surface area contributed by atoms with Crippen LogP contribution in [0, 0.1) is 38.2 Å². The molecular formula is C45H44F6IrNO2S-. The van der Waals surface area contributed by atoms with Crippen LogP contribution in [0.1, 0.15) is 76.3 Å². The van der Waals surface area contributed by atoms with Crippen molar-refractivity contribution in [2.75, 3.05) is 0 Å². The SMILES string of the molecule is CC(C)/C(O)=C/C(=O)C(C)(C)C(F)(F)F.Cc1cc2ccccc2c(C)c1-c1sc2c(-c3[c-]c4ccccc4c(C(C)(C)C)c3)ncc(C(F)(F)F)c2c1C.[Ir]. The molecule has 299 valence electrons. The first-order chi connectivity index (χ1) is 25.4. The predicted molar refractivity (Wildman–Crippen MR) is 213 cm³/mol. The van der Waals surface area contributed by atoms with Gasteiger partial charge in [-0.1, -0.05) is 94.1 Å². The van der Waals surface area contributed by atoms with E-state index in [9.17, 15) is 36.2 Å². The van der Waals surface area contributed by atoms with E-state index >= 15 is 0 Å². The fraction of sp³-hybridized carbons (Fsp3) is 0.333. The topological polar surface area (TPSA) is 50.2 Å². The number of hydrogen-bond donors (Lipinski definition) is 1. The number of aromatic nitrogens is 1. The zero-order chi connectivity index (χ0) is 41.0. The van der Waals surface area contributed by atoms with Crippen molar-refractivity contribution in [3.05, 3.63) is 113 Å². The predicted octanol–water partition coefficient (Wildman–Crippen LogP) is 14.2. The van der Waals surface area contributed by atoms with Crippen LogP contribution in [0.5, 0.6) is 0 Å². The Bertz CT molecular complexity index is 2470. The summed E-state index contributed by atoms with van der Waals surface area (Å²) in [5.74, 6) is -1.84. The van der Waals surface area contributed by atoms with Crippen molar-refractivity contribution in [3.8, 4) is 21.7 Å². The molecule has 0 bridgehead atoms. The second-order valence-electron chi connectivity index (χ2n) is 15.8. The van der Waals surface area contributed by atoms with Gasteiger partial charge in [0.1, 0.15) is 5.41 Å². The Morgan fingerprint density at radius 2 is 1.43 bits per heavy atom. The van der Waals surface area contributed by atoms with Crippen molar-refractivity contribution in [1.29, 1.82) is 0 Å². The molecule has 3 nitrogen and oxygen atoms in total. The van der Waals surface area contributed by atoms with E-state index in [1.807, 2.05) is 44.2 Å². The molecule has 1 N–H and O–H groups in total. The summed E-state index contributed by atoms with van der Waals surface area (Å²) in [4.78, 5) is 16.6. The summed E-state index contributed by atoms with van der Waals surface area (Å²) in [7, 11) is 0. The van der Waals surface area contributed by atoms with Gasteiger partial charge in [-0.25, -0.2) is 0 Å². The molecule has 0 saturated heterocycles. The van der Waals surface area contributed by atoms with Crippen LogP contribution < -0.4 is 0 Å². The molecule has 2 aromatic heterocycles. The fourth-order valence-corrected chi connectivity index (χ4v) is 8.05. The number of benzene rings is 4. The molecule has 1 radical (unpaired) electrons. The first kappa shape index (κ1) is 44.7. The molecule has 4 aromatic carbocycles. The smallest absolute Gasteiger partial charge is 0.418 e. The maximum absolute atomic E-state index is 14.4. The number of carbonyl (C=O) groups is 1. The number of alkyl halides is 6. The van der Waals surface area contributed by atoms with Gasteiger partial charge in [0.15, 0.2) is 5.78 Å². The molecule has 6 aromatic rings. The number of rotatable bonds is 5. The van der Waals surface area contributed by atoms with Crippen molar-refractivity contribution in [2.45, 2.75) is 87.0 Å². The quantitative estimate of drug-likeness (QED) is 0.0811. The van der Waals surface area contributed by atoms with E-state index in [4.69, 9.17) is 0 Å². The van der Waals surface area contributed by atoms with Gasteiger partial charge in [-0.2, -0.15) is 26.3 Å². The largest absolute Gasteiger partial charge is 0.512 e. The van der Waals surface area contributed by atoms with Gasteiger partial charge in [-0.3, -0.25) is 9.78 Å². The molecule has 0 saturated carbocycles. The van der Waals surface area contributed by atoms with Gasteiger partial charge in [-0.15, -0.1) is 40.5 Å². The minimum Gasteiger partial charge on any atom is -0.512 e. The third-order valence-corrected chi connectivity index (χ3v) is 11.3. The molecule has 0 amide bonds.